The van der Waals surface area contributed by atoms with E-state index in [0.717, 1.165) is 24.2 Å². The Bertz CT molecular complexity index is 414. The van der Waals surface area contributed by atoms with Crippen LogP contribution in [0.25, 0.3) is 0 Å². The molecule has 4 heteroatoms. The zero-order valence-corrected chi connectivity index (χ0v) is 11.4. The Morgan fingerprint density at radius 1 is 1.26 bits per heavy atom. The Kier molecular flexibility index (Phi) is 5.07. The topological polar surface area (TPSA) is 50.4 Å². The molecule has 1 aromatic rings. The molecule has 0 radical (unpaired) electrons. The van der Waals surface area contributed by atoms with Crippen LogP contribution < -0.4 is 15.4 Å². The molecule has 104 valence electrons. The highest BCUT2D eigenvalue weighted by Gasteiger charge is 2.15. The van der Waals surface area contributed by atoms with Crippen LogP contribution in [0, 0.1) is 0 Å². The number of carbonyl (C=O) groups excluding carboxylic acids is 1. The lowest BCUT2D eigenvalue weighted by Gasteiger charge is -2.23. The quantitative estimate of drug-likeness (QED) is 0.876. The van der Waals surface area contributed by atoms with Gasteiger partial charge in [0.1, 0.15) is 5.75 Å². The predicted octanol–water partition coefficient (Wildman–Crippen LogP) is 2.83. The number of amides is 2. The van der Waals surface area contributed by atoms with Crippen LogP contribution in [0.15, 0.2) is 24.3 Å². The number of methoxy groups -OCH3 is 1. The van der Waals surface area contributed by atoms with Crippen LogP contribution in [0.1, 0.15) is 37.7 Å². The van der Waals surface area contributed by atoms with Gasteiger partial charge in [-0.2, -0.15) is 0 Å². The van der Waals surface area contributed by atoms with Crippen molar-refractivity contribution in [1.29, 1.82) is 0 Å². The SMILES string of the molecule is COc1ccccc1CNC(=O)NC1CCCCC1. The number of urea groups is 1. The van der Waals surface area contributed by atoms with Gasteiger partial charge in [-0.15, -0.1) is 0 Å². The van der Waals surface area contributed by atoms with Crippen LogP contribution in [0.5, 0.6) is 5.75 Å². The predicted molar refractivity (Wildman–Crippen MR) is 75.2 cm³/mol. The molecule has 0 unspecified atom stereocenters. The zero-order chi connectivity index (χ0) is 13.5. The molecule has 2 N–H and O–H groups in total. The first-order chi connectivity index (χ1) is 9.29. The Hall–Kier alpha value is -1.71. The second kappa shape index (κ2) is 7.02. The number of rotatable bonds is 4. The van der Waals surface area contributed by atoms with E-state index in [1.54, 1.807) is 7.11 Å². The molecule has 4 nitrogen and oxygen atoms in total. The fourth-order valence-corrected chi connectivity index (χ4v) is 2.51. The van der Waals surface area contributed by atoms with Crippen molar-refractivity contribution in [3.05, 3.63) is 29.8 Å². The molecular formula is C15H22N2O2. The smallest absolute Gasteiger partial charge is 0.315 e. The fourth-order valence-electron chi connectivity index (χ4n) is 2.51. The molecule has 0 saturated heterocycles. The highest BCUT2D eigenvalue weighted by atomic mass is 16.5. The van der Waals surface area contributed by atoms with Crippen LogP contribution in [-0.2, 0) is 6.54 Å². The maximum Gasteiger partial charge on any atom is 0.315 e. The Morgan fingerprint density at radius 2 is 2.00 bits per heavy atom. The maximum atomic E-state index is 11.8. The third-order valence-electron chi connectivity index (χ3n) is 3.57. The van der Waals surface area contributed by atoms with Crippen molar-refractivity contribution in [3.63, 3.8) is 0 Å². The van der Waals surface area contributed by atoms with E-state index in [0.29, 0.717) is 12.6 Å². The first kappa shape index (κ1) is 13.7. The monoisotopic (exact) mass is 262 g/mol. The minimum Gasteiger partial charge on any atom is -0.496 e. The van der Waals surface area contributed by atoms with Crippen molar-refractivity contribution in [2.45, 2.75) is 44.7 Å². The molecule has 19 heavy (non-hydrogen) atoms. The van der Waals surface area contributed by atoms with Gasteiger partial charge < -0.3 is 15.4 Å². The summed E-state index contributed by atoms with van der Waals surface area (Å²) in [6, 6.07) is 7.97. The van der Waals surface area contributed by atoms with Crippen LogP contribution in [0.3, 0.4) is 0 Å². The number of benzene rings is 1. The van der Waals surface area contributed by atoms with Crippen molar-refractivity contribution >= 4 is 6.03 Å². The number of para-hydroxylation sites is 1. The third kappa shape index (κ3) is 4.16. The normalized spacial score (nSPS) is 15.8. The number of ether oxygens (including phenoxy) is 1. The van der Waals surface area contributed by atoms with Gasteiger partial charge in [-0.25, -0.2) is 4.79 Å². The van der Waals surface area contributed by atoms with Gasteiger partial charge in [-0.1, -0.05) is 37.5 Å². The van der Waals surface area contributed by atoms with Crippen molar-refractivity contribution in [3.8, 4) is 5.75 Å². The molecular weight excluding hydrogens is 240 g/mol. The van der Waals surface area contributed by atoms with Crippen molar-refractivity contribution < 1.29 is 9.53 Å². The van der Waals surface area contributed by atoms with Crippen LogP contribution in [0.2, 0.25) is 0 Å². The second-order valence-corrected chi connectivity index (χ2v) is 4.97. The fraction of sp³-hybridized carbons (Fsp3) is 0.533. The van der Waals surface area contributed by atoms with Gasteiger partial charge in [0, 0.05) is 18.2 Å². The summed E-state index contributed by atoms with van der Waals surface area (Å²) in [5.74, 6) is 0.806. The van der Waals surface area contributed by atoms with E-state index in [-0.39, 0.29) is 6.03 Å². The summed E-state index contributed by atoms with van der Waals surface area (Å²) in [5.41, 5.74) is 0.990. The van der Waals surface area contributed by atoms with E-state index in [9.17, 15) is 4.79 Å². The Morgan fingerprint density at radius 3 is 2.74 bits per heavy atom. The van der Waals surface area contributed by atoms with E-state index < -0.39 is 0 Å². The van der Waals surface area contributed by atoms with Gasteiger partial charge in [0.2, 0.25) is 0 Å². The van der Waals surface area contributed by atoms with Crippen molar-refractivity contribution in [2.75, 3.05) is 7.11 Å². The molecule has 2 rings (SSSR count). The van der Waals surface area contributed by atoms with E-state index in [2.05, 4.69) is 10.6 Å². The summed E-state index contributed by atoms with van der Waals surface area (Å²) >= 11 is 0. The lowest BCUT2D eigenvalue weighted by atomic mass is 9.96. The molecule has 0 spiro atoms. The summed E-state index contributed by atoms with van der Waals surface area (Å²) in [6.07, 6.45) is 5.93. The van der Waals surface area contributed by atoms with E-state index in [4.69, 9.17) is 4.74 Å². The van der Waals surface area contributed by atoms with Crippen LogP contribution >= 0.6 is 0 Å². The highest BCUT2D eigenvalue weighted by Crippen LogP contribution is 2.18. The molecule has 0 atom stereocenters. The van der Waals surface area contributed by atoms with Gasteiger partial charge >= 0.3 is 6.03 Å². The van der Waals surface area contributed by atoms with Crippen molar-refractivity contribution in [1.82, 2.24) is 10.6 Å². The molecule has 1 aliphatic rings. The lowest BCUT2D eigenvalue weighted by Crippen LogP contribution is -2.42. The number of nitrogens with one attached hydrogen (secondary N) is 2. The van der Waals surface area contributed by atoms with Crippen molar-refractivity contribution in [2.24, 2.45) is 0 Å². The Balaban J connectivity index is 1.79. The van der Waals surface area contributed by atoms with Gasteiger partial charge in [0.25, 0.3) is 0 Å². The number of hydrogen-bond acceptors (Lipinski definition) is 2. The number of carbonyl (C=O) groups is 1. The van der Waals surface area contributed by atoms with Crippen LogP contribution in [-0.4, -0.2) is 19.2 Å². The van der Waals surface area contributed by atoms with Gasteiger partial charge in [-0.05, 0) is 18.9 Å². The lowest BCUT2D eigenvalue weighted by molar-refractivity contribution is 0.232. The minimum atomic E-state index is -0.0854. The number of hydrogen-bond donors (Lipinski definition) is 2. The zero-order valence-electron chi connectivity index (χ0n) is 11.4. The first-order valence-corrected chi connectivity index (χ1v) is 6.96. The highest BCUT2D eigenvalue weighted by molar-refractivity contribution is 5.74. The average molecular weight is 262 g/mol. The second-order valence-electron chi connectivity index (χ2n) is 4.97. The maximum absolute atomic E-state index is 11.8. The van der Waals surface area contributed by atoms with Gasteiger partial charge in [0.05, 0.1) is 7.11 Å². The Labute approximate surface area is 114 Å². The molecule has 2 amide bonds. The summed E-state index contributed by atoms with van der Waals surface area (Å²) in [6.45, 7) is 0.489. The van der Waals surface area contributed by atoms with Gasteiger partial charge in [0.15, 0.2) is 0 Å². The minimum absolute atomic E-state index is 0.0854. The summed E-state index contributed by atoms with van der Waals surface area (Å²) in [7, 11) is 1.64. The van der Waals surface area contributed by atoms with Crippen LogP contribution in [0.4, 0.5) is 4.79 Å². The average Bonchev–Trinajstić information content (AvgIpc) is 2.46. The summed E-state index contributed by atoms with van der Waals surface area (Å²) in [4.78, 5) is 11.8. The molecule has 1 fully saturated rings. The van der Waals surface area contributed by atoms with E-state index in [1.807, 2.05) is 24.3 Å². The standard InChI is InChI=1S/C15H22N2O2/c1-19-14-10-6-5-7-12(14)11-16-15(18)17-13-8-3-2-4-9-13/h5-7,10,13H,2-4,8-9,11H2,1H3,(H2,16,17,18). The summed E-state index contributed by atoms with van der Waals surface area (Å²) in [5, 5.41) is 5.93. The van der Waals surface area contributed by atoms with E-state index >= 15 is 0 Å². The third-order valence-corrected chi connectivity index (χ3v) is 3.57. The largest absolute Gasteiger partial charge is 0.496 e. The van der Waals surface area contributed by atoms with E-state index in [1.165, 1.54) is 19.3 Å². The molecule has 0 aliphatic heterocycles. The summed E-state index contributed by atoms with van der Waals surface area (Å²) < 4.78 is 5.26. The molecule has 1 aromatic carbocycles. The first-order valence-electron chi connectivity index (χ1n) is 6.96. The molecule has 1 aliphatic carbocycles. The molecule has 0 aromatic heterocycles. The van der Waals surface area contributed by atoms with Gasteiger partial charge in [-0.3, -0.25) is 0 Å². The molecule has 1 saturated carbocycles. The molecule has 0 heterocycles. The molecule has 0 bridgehead atoms.